The second kappa shape index (κ2) is 10.1. The van der Waals surface area contributed by atoms with Gasteiger partial charge in [-0.15, -0.1) is 0 Å². The van der Waals surface area contributed by atoms with E-state index in [9.17, 15) is 9.59 Å². The molecular formula is C25H20Cl2N2O4. The van der Waals surface area contributed by atoms with Gasteiger partial charge in [0.1, 0.15) is 0 Å². The molecule has 1 N–H and O–H groups in total. The number of nitrogens with zero attached hydrogens (tertiary/aromatic N) is 1. The molecule has 4 aromatic rings. The number of Topliss-reactive ketones (excluding diaryl/α,β-unsaturated/α-hetero) is 1. The predicted molar refractivity (Wildman–Crippen MR) is 127 cm³/mol. The number of benzene rings is 2. The van der Waals surface area contributed by atoms with Crippen LogP contribution < -0.4 is 10.1 Å². The zero-order valence-corrected chi connectivity index (χ0v) is 19.2. The summed E-state index contributed by atoms with van der Waals surface area (Å²) in [5.74, 6) is 0.0606. The Balaban J connectivity index is 1.63. The Hall–Kier alpha value is -3.35. The van der Waals surface area contributed by atoms with Gasteiger partial charge in [-0.3, -0.25) is 14.6 Å². The monoisotopic (exact) mass is 482 g/mol. The van der Waals surface area contributed by atoms with Gasteiger partial charge in [-0.2, -0.15) is 0 Å². The highest BCUT2D eigenvalue weighted by Crippen LogP contribution is 2.34. The van der Waals surface area contributed by atoms with Crippen LogP contribution in [0.3, 0.4) is 0 Å². The molecule has 1 amide bonds. The molecule has 6 nitrogen and oxygen atoms in total. The quantitative estimate of drug-likeness (QED) is 0.338. The summed E-state index contributed by atoms with van der Waals surface area (Å²) in [6.07, 6.45) is 4.40. The number of fused-ring (bicyclic) bond motifs is 1. The van der Waals surface area contributed by atoms with E-state index >= 15 is 0 Å². The van der Waals surface area contributed by atoms with Gasteiger partial charge in [0, 0.05) is 47.4 Å². The van der Waals surface area contributed by atoms with E-state index in [1.54, 1.807) is 12.1 Å². The third kappa shape index (κ3) is 5.02. The minimum Gasteiger partial charge on any atom is -0.493 e. The molecule has 2 aromatic heterocycles. The number of halogens is 2. The first kappa shape index (κ1) is 22.8. The molecule has 2 heterocycles. The lowest BCUT2D eigenvalue weighted by atomic mass is 9.97. The molecule has 0 aliphatic carbocycles. The molecule has 0 atom stereocenters. The number of furan rings is 1. The zero-order chi connectivity index (χ0) is 23.4. The first-order valence-corrected chi connectivity index (χ1v) is 10.9. The molecular weight excluding hydrogens is 463 g/mol. The zero-order valence-electron chi connectivity index (χ0n) is 17.7. The molecule has 0 unspecified atom stereocenters. The van der Waals surface area contributed by atoms with E-state index in [-0.39, 0.29) is 24.5 Å². The van der Waals surface area contributed by atoms with Crippen molar-refractivity contribution < 1.29 is 18.7 Å². The van der Waals surface area contributed by atoms with E-state index in [0.717, 1.165) is 5.56 Å². The molecule has 168 valence electrons. The average Bonchev–Trinajstić information content (AvgIpc) is 3.24. The summed E-state index contributed by atoms with van der Waals surface area (Å²) in [6, 6.07) is 12.9. The maximum atomic E-state index is 13.3. The van der Waals surface area contributed by atoms with Gasteiger partial charge >= 0.3 is 0 Å². The molecule has 2 aromatic carbocycles. The maximum Gasteiger partial charge on any atom is 0.224 e. The standard InChI is InChI=1S/C25H20Cl2N2O4/c1-32-22-8-7-17(21(30)10-18-19(26)12-28-13-20(18)27)24-16(14-33-25(22)24)9-23(31)29-11-15-5-3-2-4-6-15/h2-8,12-14H,9-11H2,1H3,(H,29,31). The highest BCUT2D eigenvalue weighted by molar-refractivity contribution is 6.36. The first-order valence-electron chi connectivity index (χ1n) is 10.2. The number of methoxy groups -OCH3 is 1. The number of carbonyl (C=O) groups excluding carboxylic acids is 2. The van der Waals surface area contributed by atoms with Crippen LogP contribution in [0.25, 0.3) is 11.0 Å². The van der Waals surface area contributed by atoms with Crippen LogP contribution in [0, 0.1) is 0 Å². The van der Waals surface area contributed by atoms with Crippen LogP contribution in [-0.4, -0.2) is 23.8 Å². The third-order valence-electron chi connectivity index (χ3n) is 5.26. The Bertz CT molecular complexity index is 1300. The van der Waals surface area contributed by atoms with E-state index in [2.05, 4.69) is 10.3 Å². The molecule has 0 saturated heterocycles. The van der Waals surface area contributed by atoms with E-state index in [4.69, 9.17) is 32.4 Å². The molecule has 0 aliphatic rings. The van der Waals surface area contributed by atoms with Gasteiger partial charge in [0.25, 0.3) is 0 Å². The molecule has 0 bridgehead atoms. The SMILES string of the molecule is COc1ccc(C(=O)Cc2c(Cl)cncc2Cl)c2c(CC(=O)NCc3ccccc3)coc12. The lowest BCUT2D eigenvalue weighted by molar-refractivity contribution is -0.120. The first-order chi connectivity index (χ1) is 16.0. The fourth-order valence-electron chi connectivity index (χ4n) is 3.61. The number of hydrogen-bond donors (Lipinski definition) is 1. The van der Waals surface area contributed by atoms with Crippen LogP contribution in [0.4, 0.5) is 0 Å². The summed E-state index contributed by atoms with van der Waals surface area (Å²) in [4.78, 5) is 29.8. The van der Waals surface area contributed by atoms with E-state index in [1.807, 2.05) is 30.3 Å². The highest BCUT2D eigenvalue weighted by Gasteiger charge is 2.22. The predicted octanol–water partition coefficient (Wildman–Crippen LogP) is 5.43. The Morgan fingerprint density at radius 3 is 2.45 bits per heavy atom. The van der Waals surface area contributed by atoms with E-state index in [0.29, 0.717) is 50.0 Å². The Kier molecular flexibility index (Phi) is 6.96. The number of rotatable bonds is 8. The van der Waals surface area contributed by atoms with Crippen LogP contribution in [0.2, 0.25) is 10.0 Å². The van der Waals surface area contributed by atoms with Crippen molar-refractivity contribution in [3.05, 3.63) is 93.4 Å². The van der Waals surface area contributed by atoms with Crippen LogP contribution in [0.5, 0.6) is 5.75 Å². The summed E-state index contributed by atoms with van der Waals surface area (Å²) in [6.45, 7) is 0.406. The lowest BCUT2D eigenvalue weighted by Gasteiger charge is -2.10. The Labute approximate surface area is 200 Å². The van der Waals surface area contributed by atoms with Gasteiger partial charge in [-0.05, 0) is 17.7 Å². The van der Waals surface area contributed by atoms with Gasteiger partial charge < -0.3 is 14.5 Å². The number of amides is 1. The fourth-order valence-corrected chi connectivity index (χ4v) is 4.10. The number of carbonyl (C=O) groups is 2. The van der Waals surface area contributed by atoms with Crippen molar-refractivity contribution in [3.8, 4) is 5.75 Å². The van der Waals surface area contributed by atoms with Crippen molar-refractivity contribution in [1.82, 2.24) is 10.3 Å². The summed E-state index contributed by atoms with van der Waals surface area (Å²) in [5.41, 5.74) is 2.87. The Morgan fingerprint density at radius 1 is 1.03 bits per heavy atom. The molecule has 0 fully saturated rings. The van der Waals surface area contributed by atoms with Crippen LogP contribution in [0.1, 0.15) is 27.0 Å². The molecule has 8 heteroatoms. The van der Waals surface area contributed by atoms with Gasteiger partial charge in [-0.25, -0.2) is 0 Å². The molecule has 33 heavy (non-hydrogen) atoms. The highest BCUT2D eigenvalue weighted by atomic mass is 35.5. The van der Waals surface area contributed by atoms with Gasteiger partial charge in [0.2, 0.25) is 5.91 Å². The third-order valence-corrected chi connectivity index (χ3v) is 5.91. The Morgan fingerprint density at radius 2 is 1.76 bits per heavy atom. The normalized spacial score (nSPS) is 10.9. The van der Waals surface area contributed by atoms with Crippen molar-refractivity contribution in [2.24, 2.45) is 0 Å². The van der Waals surface area contributed by atoms with E-state index < -0.39 is 0 Å². The summed E-state index contributed by atoms with van der Waals surface area (Å²) in [7, 11) is 1.52. The van der Waals surface area contributed by atoms with Gasteiger partial charge in [-0.1, -0.05) is 53.5 Å². The average molecular weight is 483 g/mol. The number of ketones is 1. The number of hydrogen-bond acceptors (Lipinski definition) is 5. The van der Waals surface area contributed by atoms with E-state index in [1.165, 1.54) is 25.8 Å². The molecule has 0 radical (unpaired) electrons. The minimum atomic E-state index is -0.218. The van der Waals surface area contributed by atoms with Gasteiger partial charge in [0.15, 0.2) is 17.1 Å². The van der Waals surface area contributed by atoms with Crippen molar-refractivity contribution in [3.63, 3.8) is 0 Å². The topological polar surface area (TPSA) is 81.4 Å². The van der Waals surface area contributed by atoms with Crippen molar-refractivity contribution >= 4 is 45.9 Å². The maximum absolute atomic E-state index is 13.3. The molecule has 0 spiro atoms. The summed E-state index contributed by atoms with van der Waals surface area (Å²) in [5, 5.41) is 4.06. The lowest BCUT2D eigenvalue weighted by Crippen LogP contribution is -2.24. The molecule has 0 aliphatic heterocycles. The van der Waals surface area contributed by atoms with Crippen LogP contribution in [0.15, 0.2) is 65.5 Å². The minimum absolute atomic E-state index is 0.0214. The van der Waals surface area contributed by atoms with Crippen molar-refractivity contribution in [2.45, 2.75) is 19.4 Å². The second-order valence-electron chi connectivity index (χ2n) is 7.40. The molecule has 4 rings (SSSR count). The molecule has 0 saturated carbocycles. The van der Waals surface area contributed by atoms with Gasteiger partial charge in [0.05, 0.1) is 29.8 Å². The number of ether oxygens (including phenoxy) is 1. The van der Waals surface area contributed by atoms with Crippen molar-refractivity contribution in [2.75, 3.05) is 7.11 Å². The number of aromatic nitrogens is 1. The van der Waals surface area contributed by atoms with Crippen LogP contribution in [-0.2, 0) is 24.2 Å². The largest absolute Gasteiger partial charge is 0.493 e. The second-order valence-corrected chi connectivity index (χ2v) is 8.22. The summed E-state index contributed by atoms with van der Waals surface area (Å²) >= 11 is 12.4. The number of nitrogens with one attached hydrogen (secondary N) is 1. The fraction of sp³-hybridized carbons (Fsp3) is 0.160. The smallest absolute Gasteiger partial charge is 0.224 e. The number of pyridine rings is 1. The van der Waals surface area contributed by atoms with Crippen LogP contribution >= 0.6 is 23.2 Å². The van der Waals surface area contributed by atoms with Crippen molar-refractivity contribution in [1.29, 1.82) is 0 Å². The summed E-state index contributed by atoms with van der Waals surface area (Å²) < 4.78 is 11.1.